The van der Waals surface area contributed by atoms with Crippen LogP contribution in [0.1, 0.15) is 55.3 Å². The molecule has 1 aromatic rings. The summed E-state index contributed by atoms with van der Waals surface area (Å²) in [6.07, 6.45) is 7.02. The molecule has 0 bridgehead atoms. The van der Waals surface area contributed by atoms with Crippen LogP contribution in [0.4, 0.5) is 0 Å². The van der Waals surface area contributed by atoms with Gasteiger partial charge in [-0.2, -0.15) is 0 Å². The molecule has 0 unspecified atom stereocenters. The fraction of sp³-hybridized carbons (Fsp3) is 0.632. The summed E-state index contributed by atoms with van der Waals surface area (Å²) in [5.41, 5.74) is 0.607. The first-order valence-electron chi connectivity index (χ1n) is 8.55. The van der Waals surface area contributed by atoms with Crippen molar-refractivity contribution in [3.05, 3.63) is 35.9 Å². The first kappa shape index (κ1) is 20.6. The zero-order valence-corrected chi connectivity index (χ0v) is 15.1. The summed E-state index contributed by atoms with van der Waals surface area (Å²) in [5.74, 6) is -1.16. The molecular formula is C19H30O5. The predicted molar refractivity (Wildman–Crippen MR) is 92.8 cm³/mol. The Morgan fingerprint density at radius 3 is 1.96 bits per heavy atom. The molecule has 0 aromatic heterocycles. The summed E-state index contributed by atoms with van der Waals surface area (Å²) >= 11 is 0. The van der Waals surface area contributed by atoms with Crippen molar-refractivity contribution in [2.24, 2.45) is 0 Å². The van der Waals surface area contributed by atoms with Crippen molar-refractivity contribution >= 4 is 5.97 Å². The Kier molecular flexibility index (Phi) is 10.3. The maximum absolute atomic E-state index is 11.7. The molecule has 0 aliphatic rings. The molecule has 0 radical (unpaired) electrons. The smallest absolute Gasteiger partial charge is 0.338 e. The molecule has 136 valence electrons. The van der Waals surface area contributed by atoms with Gasteiger partial charge in [-0.3, -0.25) is 0 Å². The fourth-order valence-corrected chi connectivity index (χ4v) is 2.53. The van der Waals surface area contributed by atoms with Crippen molar-refractivity contribution in [2.45, 2.75) is 50.9 Å². The van der Waals surface area contributed by atoms with Gasteiger partial charge < -0.3 is 18.9 Å². The van der Waals surface area contributed by atoms with Crippen LogP contribution in [0.3, 0.4) is 0 Å². The van der Waals surface area contributed by atoms with E-state index < -0.39 is 5.97 Å². The monoisotopic (exact) mass is 338 g/mol. The van der Waals surface area contributed by atoms with Gasteiger partial charge in [-0.25, -0.2) is 4.79 Å². The fourth-order valence-electron chi connectivity index (χ4n) is 2.53. The van der Waals surface area contributed by atoms with Gasteiger partial charge in [-0.15, -0.1) is 0 Å². The van der Waals surface area contributed by atoms with E-state index in [1.54, 1.807) is 33.5 Å². The lowest BCUT2D eigenvalue weighted by Gasteiger charge is -2.28. The van der Waals surface area contributed by atoms with Crippen LogP contribution in [0.2, 0.25) is 0 Å². The van der Waals surface area contributed by atoms with E-state index in [1.807, 2.05) is 18.2 Å². The number of hydrogen-bond acceptors (Lipinski definition) is 5. The van der Waals surface area contributed by atoms with Crippen molar-refractivity contribution in [1.29, 1.82) is 0 Å². The summed E-state index contributed by atoms with van der Waals surface area (Å²) in [6, 6.07) is 9.08. The van der Waals surface area contributed by atoms with Gasteiger partial charge in [0.05, 0.1) is 12.2 Å². The van der Waals surface area contributed by atoms with Crippen LogP contribution in [-0.2, 0) is 18.9 Å². The molecule has 0 N–H and O–H groups in total. The normalized spacial score (nSPS) is 11.5. The van der Waals surface area contributed by atoms with Crippen molar-refractivity contribution < 1.29 is 23.7 Å². The first-order valence-corrected chi connectivity index (χ1v) is 8.55. The van der Waals surface area contributed by atoms with Crippen molar-refractivity contribution in [3.63, 3.8) is 0 Å². The van der Waals surface area contributed by atoms with Crippen molar-refractivity contribution in [3.8, 4) is 0 Å². The number of ether oxygens (including phenoxy) is 4. The van der Waals surface area contributed by atoms with Crippen LogP contribution in [0.25, 0.3) is 0 Å². The van der Waals surface area contributed by atoms with E-state index in [4.69, 9.17) is 18.9 Å². The Balaban J connectivity index is 2.00. The zero-order valence-electron chi connectivity index (χ0n) is 15.1. The molecule has 24 heavy (non-hydrogen) atoms. The first-order chi connectivity index (χ1) is 11.7. The zero-order chi connectivity index (χ0) is 17.7. The van der Waals surface area contributed by atoms with Gasteiger partial charge in [0, 0.05) is 27.8 Å². The Morgan fingerprint density at radius 2 is 1.38 bits per heavy atom. The number of hydrogen-bond donors (Lipinski definition) is 0. The topological polar surface area (TPSA) is 54.0 Å². The largest absolute Gasteiger partial charge is 0.462 e. The summed E-state index contributed by atoms with van der Waals surface area (Å²) in [5, 5.41) is 0. The van der Waals surface area contributed by atoms with Crippen molar-refractivity contribution in [1.82, 2.24) is 0 Å². The van der Waals surface area contributed by atoms with Crippen LogP contribution >= 0.6 is 0 Å². The van der Waals surface area contributed by atoms with E-state index in [0.717, 1.165) is 38.5 Å². The summed E-state index contributed by atoms with van der Waals surface area (Å²) in [6.45, 7) is 0.480. The standard InChI is InChI=1S/C19H30O5/c1-21-19(22-2,23-3)15-11-6-4-5-7-12-16-24-18(20)17-13-9-8-10-14-17/h8-10,13-14H,4-7,11-12,15-16H2,1-3H3. The second-order valence-corrected chi connectivity index (χ2v) is 5.67. The third-order valence-electron chi connectivity index (χ3n) is 4.05. The molecule has 5 heteroatoms. The molecule has 0 heterocycles. The molecule has 0 spiro atoms. The number of carbonyl (C=O) groups is 1. The maximum Gasteiger partial charge on any atom is 0.338 e. The third kappa shape index (κ3) is 7.43. The van der Waals surface area contributed by atoms with Gasteiger partial charge in [-0.05, 0) is 25.0 Å². The lowest BCUT2D eigenvalue weighted by molar-refractivity contribution is -0.355. The quantitative estimate of drug-likeness (QED) is 0.307. The second-order valence-electron chi connectivity index (χ2n) is 5.67. The molecule has 1 rings (SSSR count). The van der Waals surface area contributed by atoms with Gasteiger partial charge in [0.15, 0.2) is 0 Å². The number of benzene rings is 1. The lowest BCUT2D eigenvalue weighted by atomic mass is 10.1. The summed E-state index contributed by atoms with van der Waals surface area (Å²) in [7, 11) is 4.76. The highest BCUT2D eigenvalue weighted by Gasteiger charge is 2.28. The minimum absolute atomic E-state index is 0.245. The number of esters is 1. The molecule has 0 amide bonds. The average Bonchev–Trinajstić information content (AvgIpc) is 2.64. The van der Waals surface area contributed by atoms with Crippen LogP contribution in [0.5, 0.6) is 0 Å². The van der Waals surface area contributed by atoms with Gasteiger partial charge in [0.2, 0.25) is 0 Å². The molecule has 0 aliphatic heterocycles. The molecule has 5 nitrogen and oxygen atoms in total. The molecule has 0 saturated heterocycles. The van der Waals surface area contributed by atoms with Crippen molar-refractivity contribution in [2.75, 3.05) is 27.9 Å². The number of carbonyl (C=O) groups excluding carboxylic acids is 1. The Morgan fingerprint density at radius 1 is 0.833 bits per heavy atom. The highest BCUT2D eigenvalue weighted by molar-refractivity contribution is 5.89. The van der Waals surface area contributed by atoms with E-state index in [-0.39, 0.29) is 5.97 Å². The number of rotatable bonds is 13. The molecule has 0 aliphatic carbocycles. The minimum atomic E-state index is -0.911. The SMILES string of the molecule is COC(CCCCCCCCOC(=O)c1ccccc1)(OC)OC. The third-order valence-corrected chi connectivity index (χ3v) is 4.05. The Labute approximate surface area is 145 Å². The van der Waals surface area contributed by atoms with E-state index in [9.17, 15) is 4.79 Å². The highest BCUT2D eigenvalue weighted by Crippen LogP contribution is 2.21. The summed E-state index contributed by atoms with van der Waals surface area (Å²) in [4.78, 5) is 11.7. The van der Waals surface area contributed by atoms with Crippen LogP contribution in [0, 0.1) is 0 Å². The van der Waals surface area contributed by atoms with Gasteiger partial charge >= 0.3 is 5.97 Å². The highest BCUT2D eigenvalue weighted by atomic mass is 16.9. The van der Waals surface area contributed by atoms with Gasteiger partial charge in [0.1, 0.15) is 0 Å². The lowest BCUT2D eigenvalue weighted by Crippen LogP contribution is -2.35. The Bertz CT molecular complexity index is 434. The number of unbranched alkanes of at least 4 members (excludes halogenated alkanes) is 5. The molecule has 0 fully saturated rings. The Hall–Kier alpha value is -1.43. The van der Waals surface area contributed by atoms with E-state index in [2.05, 4.69) is 0 Å². The van der Waals surface area contributed by atoms with E-state index in [0.29, 0.717) is 18.6 Å². The van der Waals surface area contributed by atoms with E-state index in [1.165, 1.54) is 0 Å². The average molecular weight is 338 g/mol. The van der Waals surface area contributed by atoms with Crippen LogP contribution < -0.4 is 0 Å². The molecular weight excluding hydrogens is 308 g/mol. The molecule has 0 atom stereocenters. The number of methoxy groups -OCH3 is 3. The molecule has 1 aromatic carbocycles. The van der Waals surface area contributed by atoms with Crippen LogP contribution in [-0.4, -0.2) is 39.9 Å². The molecule has 0 saturated carbocycles. The predicted octanol–water partition coefficient (Wildman–Crippen LogP) is 4.17. The van der Waals surface area contributed by atoms with E-state index >= 15 is 0 Å². The minimum Gasteiger partial charge on any atom is -0.462 e. The summed E-state index contributed by atoms with van der Waals surface area (Å²) < 4.78 is 21.0. The van der Waals surface area contributed by atoms with Gasteiger partial charge in [-0.1, -0.05) is 43.9 Å². The van der Waals surface area contributed by atoms with Crippen LogP contribution in [0.15, 0.2) is 30.3 Å². The second kappa shape index (κ2) is 12.0. The van der Waals surface area contributed by atoms with Gasteiger partial charge in [0.25, 0.3) is 5.97 Å². The maximum atomic E-state index is 11.7.